The molecule has 0 saturated heterocycles. The number of benzene rings is 1. The van der Waals surface area contributed by atoms with Crippen LogP contribution in [0.5, 0.6) is 11.5 Å². The van der Waals surface area contributed by atoms with E-state index in [1.54, 1.807) is 38.7 Å². The van der Waals surface area contributed by atoms with E-state index in [2.05, 4.69) is 5.32 Å². The number of methoxy groups -OCH3 is 2. The average molecular weight is 271 g/mol. The minimum Gasteiger partial charge on any atom is -0.497 e. The first-order valence-electron chi connectivity index (χ1n) is 5.35. The van der Waals surface area contributed by atoms with E-state index in [0.717, 1.165) is 5.56 Å². The highest BCUT2D eigenvalue weighted by molar-refractivity contribution is 7.84. The van der Waals surface area contributed by atoms with Crippen molar-refractivity contribution in [2.45, 2.75) is 5.25 Å². The summed E-state index contributed by atoms with van der Waals surface area (Å²) in [5.41, 5.74) is 0.757. The molecule has 0 aromatic heterocycles. The topological polar surface area (TPSA) is 64.6 Å². The molecule has 1 rings (SSSR count). The maximum atomic E-state index is 11.8. The molecule has 0 bridgehead atoms. The van der Waals surface area contributed by atoms with Crippen molar-refractivity contribution < 1.29 is 18.5 Å². The Hall–Kier alpha value is -1.56. The largest absolute Gasteiger partial charge is 0.497 e. The van der Waals surface area contributed by atoms with Gasteiger partial charge < -0.3 is 14.8 Å². The summed E-state index contributed by atoms with van der Waals surface area (Å²) in [6.07, 6.45) is 2.18. The lowest BCUT2D eigenvalue weighted by Gasteiger charge is -2.18. The summed E-state index contributed by atoms with van der Waals surface area (Å²) in [4.78, 5) is 10.4. The zero-order chi connectivity index (χ0) is 13.5. The van der Waals surface area contributed by atoms with Crippen molar-refractivity contribution in [2.24, 2.45) is 0 Å². The SMILES string of the molecule is COc1ccc(OC)c(C(CNC=O)S(C)=O)c1. The van der Waals surface area contributed by atoms with Gasteiger partial charge in [-0.2, -0.15) is 0 Å². The number of carbonyl (C=O) groups is 1. The molecule has 1 amide bonds. The Morgan fingerprint density at radius 2 is 2.11 bits per heavy atom. The van der Waals surface area contributed by atoms with Crippen LogP contribution in [0, 0.1) is 0 Å². The zero-order valence-electron chi connectivity index (χ0n) is 10.6. The molecule has 0 aliphatic rings. The second-order valence-electron chi connectivity index (χ2n) is 3.62. The molecular weight excluding hydrogens is 254 g/mol. The lowest BCUT2D eigenvalue weighted by atomic mass is 10.1. The van der Waals surface area contributed by atoms with Crippen molar-refractivity contribution in [1.29, 1.82) is 0 Å². The van der Waals surface area contributed by atoms with Gasteiger partial charge in [-0.15, -0.1) is 0 Å². The average Bonchev–Trinajstić information content (AvgIpc) is 2.38. The Labute approximate surface area is 109 Å². The molecule has 0 aliphatic carbocycles. The van der Waals surface area contributed by atoms with Crippen LogP contribution in [-0.4, -0.2) is 37.6 Å². The smallest absolute Gasteiger partial charge is 0.207 e. The summed E-state index contributed by atoms with van der Waals surface area (Å²) in [6.45, 7) is 0.288. The minimum absolute atomic E-state index is 0.288. The Morgan fingerprint density at radius 1 is 1.39 bits per heavy atom. The van der Waals surface area contributed by atoms with Crippen LogP contribution < -0.4 is 14.8 Å². The predicted molar refractivity (Wildman–Crippen MR) is 70.4 cm³/mol. The first-order chi connectivity index (χ1) is 8.63. The molecule has 0 fully saturated rings. The maximum Gasteiger partial charge on any atom is 0.207 e. The van der Waals surface area contributed by atoms with E-state index < -0.39 is 10.8 Å². The van der Waals surface area contributed by atoms with E-state index in [4.69, 9.17) is 9.47 Å². The lowest BCUT2D eigenvalue weighted by Crippen LogP contribution is -2.23. The van der Waals surface area contributed by atoms with E-state index in [1.807, 2.05) is 0 Å². The van der Waals surface area contributed by atoms with Crippen molar-refractivity contribution >= 4 is 17.2 Å². The van der Waals surface area contributed by atoms with Crippen molar-refractivity contribution in [2.75, 3.05) is 27.0 Å². The normalized spacial score (nSPS) is 13.5. The Balaban J connectivity index is 3.14. The van der Waals surface area contributed by atoms with Crippen molar-refractivity contribution in [3.8, 4) is 11.5 Å². The van der Waals surface area contributed by atoms with E-state index in [-0.39, 0.29) is 11.8 Å². The summed E-state index contributed by atoms with van der Waals surface area (Å²) in [5.74, 6) is 1.29. The second-order valence-corrected chi connectivity index (χ2v) is 5.19. The molecule has 5 nitrogen and oxygen atoms in total. The molecule has 6 heteroatoms. The molecule has 0 heterocycles. The fourth-order valence-corrected chi connectivity index (χ4v) is 2.53. The van der Waals surface area contributed by atoms with Gasteiger partial charge in [-0.3, -0.25) is 9.00 Å². The summed E-state index contributed by atoms with van der Waals surface area (Å²) in [6, 6.07) is 5.30. The van der Waals surface area contributed by atoms with Gasteiger partial charge >= 0.3 is 0 Å². The number of hydrogen-bond acceptors (Lipinski definition) is 4. The fraction of sp³-hybridized carbons (Fsp3) is 0.417. The summed E-state index contributed by atoms with van der Waals surface area (Å²) in [7, 11) is 1.98. The van der Waals surface area contributed by atoms with Crippen LogP contribution in [-0.2, 0) is 15.6 Å². The Kier molecular flexibility index (Phi) is 5.64. The third kappa shape index (κ3) is 3.46. The van der Waals surface area contributed by atoms with Gasteiger partial charge in [0.25, 0.3) is 0 Å². The standard InChI is InChI=1S/C12H17NO4S/c1-16-9-4-5-11(17-2)10(6-9)12(18(3)15)7-13-8-14/h4-6,8,12H,7H2,1-3H3,(H,13,14). The highest BCUT2D eigenvalue weighted by Gasteiger charge is 2.20. The quantitative estimate of drug-likeness (QED) is 0.747. The molecule has 1 N–H and O–H groups in total. The second kappa shape index (κ2) is 7.00. The highest BCUT2D eigenvalue weighted by Crippen LogP contribution is 2.31. The zero-order valence-corrected chi connectivity index (χ0v) is 11.5. The summed E-state index contributed by atoms with van der Waals surface area (Å²) in [5, 5.41) is 2.21. The first-order valence-corrected chi connectivity index (χ1v) is 6.97. The molecule has 0 aliphatic heterocycles. The fourth-order valence-electron chi connectivity index (χ4n) is 1.65. The van der Waals surface area contributed by atoms with Crippen molar-refractivity contribution in [3.05, 3.63) is 23.8 Å². The molecule has 2 unspecified atom stereocenters. The van der Waals surface area contributed by atoms with Gasteiger partial charge in [0.15, 0.2) is 0 Å². The van der Waals surface area contributed by atoms with Gasteiger partial charge in [0.2, 0.25) is 6.41 Å². The first kappa shape index (κ1) is 14.5. The van der Waals surface area contributed by atoms with E-state index in [1.165, 1.54) is 0 Å². The van der Waals surface area contributed by atoms with Crippen LogP contribution in [0.3, 0.4) is 0 Å². The number of nitrogens with one attached hydrogen (secondary N) is 1. The molecule has 1 aromatic rings. The van der Waals surface area contributed by atoms with Crippen LogP contribution in [0.25, 0.3) is 0 Å². The predicted octanol–water partition coefficient (Wildman–Crippen LogP) is 0.869. The lowest BCUT2D eigenvalue weighted by molar-refractivity contribution is -0.109. The van der Waals surface area contributed by atoms with E-state index in [9.17, 15) is 9.00 Å². The molecule has 0 spiro atoms. The Bertz CT molecular complexity index is 436. The third-order valence-electron chi connectivity index (χ3n) is 2.57. The molecule has 0 radical (unpaired) electrons. The Morgan fingerprint density at radius 3 is 2.61 bits per heavy atom. The monoisotopic (exact) mass is 271 g/mol. The van der Waals surface area contributed by atoms with Gasteiger partial charge in [0.05, 0.1) is 19.5 Å². The minimum atomic E-state index is -1.13. The molecular formula is C12H17NO4S. The molecule has 18 heavy (non-hydrogen) atoms. The molecule has 1 aromatic carbocycles. The number of amides is 1. The molecule has 2 atom stereocenters. The number of rotatable bonds is 7. The molecule has 0 saturated carbocycles. The third-order valence-corrected chi connectivity index (χ3v) is 3.79. The molecule has 100 valence electrons. The van der Waals surface area contributed by atoms with Crippen LogP contribution >= 0.6 is 0 Å². The number of carbonyl (C=O) groups excluding carboxylic acids is 1. The van der Waals surface area contributed by atoms with Crippen LogP contribution in [0.2, 0.25) is 0 Å². The van der Waals surface area contributed by atoms with Crippen LogP contribution in [0.1, 0.15) is 10.8 Å². The van der Waals surface area contributed by atoms with Crippen LogP contribution in [0.4, 0.5) is 0 Å². The van der Waals surface area contributed by atoms with Gasteiger partial charge in [0, 0.05) is 29.2 Å². The van der Waals surface area contributed by atoms with Crippen molar-refractivity contribution in [3.63, 3.8) is 0 Å². The maximum absolute atomic E-state index is 11.8. The summed E-state index contributed by atoms with van der Waals surface area (Å²) < 4.78 is 22.2. The van der Waals surface area contributed by atoms with E-state index in [0.29, 0.717) is 17.9 Å². The number of ether oxygens (including phenoxy) is 2. The van der Waals surface area contributed by atoms with Crippen LogP contribution in [0.15, 0.2) is 18.2 Å². The number of hydrogen-bond donors (Lipinski definition) is 1. The van der Waals surface area contributed by atoms with Gasteiger partial charge in [-0.1, -0.05) is 0 Å². The highest BCUT2D eigenvalue weighted by atomic mass is 32.2. The summed E-state index contributed by atoms with van der Waals surface area (Å²) >= 11 is 0. The van der Waals surface area contributed by atoms with Gasteiger partial charge in [-0.25, -0.2) is 0 Å². The van der Waals surface area contributed by atoms with E-state index >= 15 is 0 Å². The van der Waals surface area contributed by atoms with Gasteiger partial charge in [-0.05, 0) is 18.2 Å². The van der Waals surface area contributed by atoms with Crippen molar-refractivity contribution in [1.82, 2.24) is 5.32 Å². The van der Waals surface area contributed by atoms with Gasteiger partial charge in [0.1, 0.15) is 11.5 Å².